The van der Waals surface area contributed by atoms with E-state index in [4.69, 9.17) is 4.74 Å². The van der Waals surface area contributed by atoms with Gasteiger partial charge >= 0.3 is 0 Å². The van der Waals surface area contributed by atoms with Crippen LogP contribution in [0.3, 0.4) is 0 Å². The summed E-state index contributed by atoms with van der Waals surface area (Å²) in [6, 6.07) is 13.8. The number of ketones is 1. The van der Waals surface area contributed by atoms with Crippen LogP contribution in [0.25, 0.3) is 5.76 Å². The fourth-order valence-electron chi connectivity index (χ4n) is 4.13. The molecule has 1 atom stereocenters. The molecule has 1 heterocycles. The van der Waals surface area contributed by atoms with Gasteiger partial charge in [0.25, 0.3) is 5.91 Å². The number of carbonyl (C=O) groups is 2. The number of quaternary nitrogens is 1. The van der Waals surface area contributed by atoms with E-state index in [-0.39, 0.29) is 5.57 Å². The van der Waals surface area contributed by atoms with E-state index in [1.165, 1.54) is 4.90 Å². The van der Waals surface area contributed by atoms with E-state index < -0.39 is 23.5 Å². The molecule has 0 spiro atoms. The van der Waals surface area contributed by atoms with Crippen molar-refractivity contribution in [2.24, 2.45) is 0 Å². The first-order valence-corrected chi connectivity index (χ1v) is 10.7. The summed E-state index contributed by atoms with van der Waals surface area (Å²) in [6.07, 6.45) is 0. The Hall–Kier alpha value is -3.12. The summed E-state index contributed by atoms with van der Waals surface area (Å²) in [5.74, 6) is -1.07. The zero-order valence-corrected chi connectivity index (χ0v) is 18.6. The highest BCUT2D eigenvalue weighted by atomic mass is 16.5. The van der Waals surface area contributed by atoms with Crippen molar-refractivity contribution < 1.29 is 24.3 Å². The van der Waals surface area contributed by atoms with Crippen LogP contribution < -0.4 is 14.7 Å². The maximum atomic E-state index is 13.5. The Labute approximate surface area is 183 Å². The lowest BCUT2D eigenvalue weighted by Gasteiger charge is -2.29. The van der Waals surface area contributed by atoms with E-state index in [0.29, 0.717) is 23.4 Å². The first-order chi connectivity index (χ1) is 14.9. The molecule has 1 unspecified atom stereocenters. The monoisotopic (exact) mass is 422 g/mol. The number of hydrogen-bond acceptors (Lipinski definition) is 4. The number of ether oxygens (including phenoxy) is 1. The fourth-order valence-corrected chi connectivity index (χ4v) is 4.13. The maximum absolute atomic E-state index is 13.5. The van der Waals surface area contributed by atoms with Gasteiger partial charge in [-0.25, -0.2) is 0 Å². The maximum Gasteiger partial charge on any atom is 0.295 e. The van der Waals surface area contributed by atoms with Crippen molar-refractivity contribution in [3.63, 3.8) is 0 Å². The second-order valence-electron chi connectivity index (χ2n) is 7.77. The number of rotatable bonds is 8. The first kappa shape index (κ1) is 22.6. The Balaban J connectivity index is 2.10. The summed E-state index contributed by atoms with van der Waals surface area (Å²) in [5, 5.41) is 13.5. The van der Waals surface area contributed by atoms with Crippen LogP contribution in [0.1, 0.15) is 36.6 Å². The number of nitrogens with one attached hydrogen (secondary N) is 1. The molecule has 1 N–H and O–H groups in total. The third kappa shape index (κ3) is 4.49. The van der Waals surface area contributed by atoms with Gasteiger partial charge in [0.05, 0.1) is 39.3 Å². The minimum atomic E-state index is -0.705. The molecule has 0 saturated carbocycles. The van der Waals surface area contributed by atoms with Crippen molar-refractivity contribution in [2.45, 2.75) is 26.8 Å². The molecule has 1 fully saturated rings. The van der Waals surface area contributed by atoms with Crippen LogP contribution >= 0.6 is 0 Å². The Morgan fingerprint density at radius 2 is 1.77 bits per heavy atom. The topological polar surface area (TPSA) is 74.1 Å². The normalized spacial score (nSPS) is 18.1. The molecule has 1 aliphatic rings. The lowest BCUT2D eigenvalue weighted by atomic mass is 9.94. The highest BCUT2D eigenvalue weighted by Crippen LogP contribution is 2.38. The largest absolute Gasteiger partial charge is 0.872 e. The summed E-state index contributed by atoms with van der Waals surface area (Å²) < 4.78 is 5.23. The van der Waals surface area contributed by atoms with Crippen molar-refractivity contribution in [3.05, 3.63) is 70.8 Å². The van der Waals surface area contributed by atoms with Crippen molar-refractivity contribution in [3.8, 4) is 5.75 Å². The molecular weight excluding hydrogens is 392 g/mol. The fraction of sp³-hybridized carbons (Fsp3) is 0.360. The van der Waals surface area contributed by atoms with Crippen LogP contribution in [0, 0.1) is 6.92 Å². The second-order valence-corrected chi connectivity index (χ2v) is 7.77. The number of aryl methyl sites for hydroxylation is 1. The number of likely N-dealkylation sites (tertiary alicyclic amines) is 1. The second kappa shape index (κ2) is 9.79. The van der Waals surface area contributed by atoms with Crippen LogP contribution in [0.4, 0.5) is 0 Å². The van der Waals surface area contributed by atoms with Crippen molar-refractivity contribution >= 4 is 17.4 Å². The lowest BCUT2D eigenvalue weighted by Crippen LogP contribution is -3.12. The molecule has 31 heavy (non-hydrogen) atoms. The zero-order chi connectivity index (χ0) is 22.5. The summed E-state index contributed by atoms with van der Waals surface area (Å²) in [4.78, 5) is 28.9. The first-order valence-electron chi connectivity index (χ1n) is 10.7. The minimum absolute atomic E-state index is 0.0269. The molecule has 6 heteroatoms. The van der Waals surface area contributed by atoms with Crippen molar-refractivity contribution in [1.82, 2.24) is 4.90 Å². The summed E-state index contributed by atoms with van der Waals surface area (Å²) >= 11 is 0. The number of likely N-dealkylation sites (N-methyl/N-ethyl adjacent to an activating group) is 1. The lowest BCUT2D eigenvalue weighted by molar-refractivity contribution is -0.895. The van der Waals surface area contributed by atoms with Gasteiger partial charge < -0.3 is 19.6 Å². The highest BCUT2D eigenvalue weighted by Gasteiger charge is 2.44. The number of amides is 1. The van der Waals surface area contributed by atoms with Gasteiger partial charge in [0, 0.05) is 5.57 Å². The van der Waals surface area contributed by atoms with E-state index in [0.717, 1.165) is 25.2 Å². The Kier molecular flexibility index (Phi) is 7.13. The van der Waals surface area contributed by atoms with Gasteiger partial charge in [-0.3, -0.25) is 9.59 Å². The van der Waals surface area contributed by atoms with E-state index in [1.807, 2.05) is 30.3 Å². The van der Waals surface area contributed by atoms with E-state index in [2.05, 4.69) is 13.8 Å². The highest BCUT2D eigenvalue weighted by molar-refractivity contribution is 6.46. The quantitative estimate of drug-likeness (QED) is 0.394. The summed E-state index contributed by atoms with van der Waals surface area (Å²) in [6.45, 7) is 9.00. The van der Waals surface area contributed by atoms with Gasteiger partial charge in [0.1, 0.15) is 5.75 Å². The number of hydrogen-bond donors (Lipinski definition) is 1. The van der Waals surface area contributed by atoms with Gasteiger partial charge in [0.15, 0.2) is 0 Å². The molecular formula is C25H30N2O4. The molecule has 3 rings (SSSR count). The Morgan fingerprint density at radius 3 is 2.35 bits per heavy atom. The SMILES string of the molecule is CC[NH+](CC)CCN1C(=O)C(=O)C(=C([O-])c2ccc(OC)cc2C)C1c1ccccc1. The molecule has 1 aliphatic heterocycles. The van der Waals surface area contributed by atoms with Crippen LogP contribution in [0.5, 0.6) is 5.75 Å². The van der Waals surface area contributed by atoms with Crippen molar-refractivity contribution in [1.29, 1.82) is 0 Å². The molecule has 2 aromatic carbocycles. The third-order valence-electron chi connectivity index (χ3n) is 6.03. The van der Waals surface area contributed by atoms with Gasteiger partial charge in [-0.05, 0) is 49.6 Å². The van der Waals surface area contributed by atoms with Crippen LogP contribution in [0.15, 0.2) is 54.1 Å². The molecule has 0 bridgehead atoms. The van der Waals surface area contributed by atoms with Gasteiger partial charge in [-0.15, -0.1) is 0 Å². The average Bonchev–Trinajstić information content (AvgIpc) is 3.04. The molecule has 164 valence electrons. The molecule has 0 radical (unpaired) electrons. The van der Waals surface area contributed by atoms with Gasteiger partial charge in [-0.2, -0.15) is 0 Å². The molecule has 1 amide bonds. The van der Waals surface area contributed by atoms with Gasteiger partial charge in [-0.1, -0.05) is 42.2 Å². The van der Waals surface area contributed by atoms with Crippen molar-refractivity contribution in [2.75, 3.05) is 33.3 Å². The smallest absolute Gasteiger partial charge is 0.295 e. The van der Waals surface area contributed by atoms with Crippen LogP contribution in [-0.2, 0) is 9.59 Å². The molecule has 6 nitrogen and oxygen atoms in total. The molecule has 0 aliphatic carbocycles. The standard InChI is InChI=1S/C25H30N2O4/c1-5-26(6-2)14-15-27-22(18-10-8-7-9-11-18)21(24(29)25(27)30)23(28)20-13-12-19(31-4)16-17(20)3/h7-13,16,22,28H,5-6,14-15H2,1-4H3. The third-order valence-corrected chi connectivity index (χ3v) is 6.03. The number of methoxy groups -OCH3 is 1. The number of benzene rings is 2. The molecule has 2 aromatic rings. The van der Waals surface area contributed by atoms with E-state index in [9.17, 15) is 14.7 Å². The predicted octanol–water partition coefficient (Wildman–Crippen LogP) is 1.15. The van der Waals surface area contributed by atoms with Crippen LogP contribution in [-0.4, -0.2) is 49.9 Å². The van der Waals surface area contributed by atoms with E-state index in [1.54, 1.807) is 37.1 Å². The predicted molar refractivity (Wildman–Crippen MR) is 117 cm³/mol. The Morgan fingerprint density at radius 1 is 1.10 bits per heavy atom. The molecule has 1 saturated heterocycles. The minimum Gasteiger partial charge on any atom is -0.872 e. The zero-order valence-electron chi connectivity index (χ0n) is 18.6. The van der Waals surface area contributed by atoms with Gasteiger partial charge in [0.2, 0.25) is 5.78 Å². The average molecular weight is 423 g/mol. The van der Waals surface area contributed by atoms with E-state index >= 15 is 0 Å². The number of Topliss-reactive ketones (excluding diaryl/α,β-unsaturated/α-hetero) is 1. The molecule has 0 aromatic heterocycles. The number of nitrogens with zero attached hydrogens (tertiary/aromatic N) is 1. The number of carbonyl (C=O) groups excluding carboxylic acids is 2. The summed E-state index contributed by atoms with van der Waals surface area (Å²) in [5.41, 5.74) is 1.91. The van der Waals surface area contributed by atoms with Crippen LogP contribution in [0.2, 0.25) is 0 Å². The Bertz CT molecular complexity index is 980. The summed E-state index contributed by atoms with van der Waals surface area (Å²) in [7, 11) is 1.56.